The number of hydrogen-bond acceptors (Lipinski definition) is 7. The number of anilines is 1. The minimum absolute atomic E-state index is 0.221. The first-order chi connectivity index (χ1) is 17.2. The van der Waals surface area contributed by atoms with Gasteiger partial charge in [0.1, 0.15) is 12.2 Å². The number of carbonyl (C=O) groups is 1. The molecular formula is C26H30FN7O2. The van der Waals surface area contributed by atoms with Gasteiger partial charge in [-0.3, -0.25) is 9.78 Å². The quantitative estimate of drug-likeness (QED) is 0.400. The summed E-state index contributed by atoms with van der Waals surface area (Å²) in [5.74, 6) is 0.463. The largest absolute Gasteiger partial charge is 0.387 e. The van der Waals surface area contributed by atoms with Gasteiger partial charge in [-0.05, 0) is 75.9 Å². The van der Waals surface area contributed by atoms with Gasteiger partial charge >= 0.3 is 0 Å². The molecular weight excluding hydrogens is 461 g/mol. The standard InChI is InChI=1S/C26H30FN7O2/c1-26(2,36)23(27)14-31-25(35)19-13-30-21(22-6-5-18-7-15(9-28)10-32-34(18)22)8-20(19)33-24-16-3-4-17(24)12-29-11-16/h5-8,10,13,16-17,23-24,29,36H,3-4,11-12,14H2,1-2H3,(H,30,33)(H,31,35)/t16?,17?,23-,24?/m1/s1. The number of piperidine rings is 1. The summed E-state index contributed by atoms with van der Waals surface area (Å²) in [5.41, 5.74) is 1.96. The van der Waals surface area contributed by atoms with Crippen molar-refractivity contribution in [3.63, 3.8) is 0 Å². The third-order valence-corrected chi connectivity index (χ3v) is 7.31. The number of rotatable bonds is 7. The summed E-state index contributed by atoms with van der Waals surface area (Å²) in [5, 5.41) is 33.1. The Kier molecular flexibility index (Phi) is 6.36. The third-order valence-electron chi connectivity index (χ3n) is 7.31. The van der Waals surface area contributed by atoms with Crippen LogP contribution in [0.15, 0.2) is 36.7 Å². The summed E-state index contributed by atoms with van der Waals surface area (Å²) >= 11 is 0. The lowest BCUT2D eigenvalue weighted by molar-refractivity contribution is -0.00177. The zero-order valence-corrected chi connectivity index (χ0v) is 20.3. The third kappa shape index (κ3) is 4.64. The summed E-state index contributed by atoms with van der Waals surface area (Å²) in [6, 6.07) is 9.64. The second kappa shape index (κ2) is 9.48. The Morgan fingerprint density at radius 2 is 2.06 bits per heavy atom. The van der Waals surface area contributed by atoms with Crippen LogP contribution >= 0.6 is 0 Å². The van der Waals surface area contributed by atoms with Gasteiger partial charge in [0, 0.05) is 12.2 Å². The number of carbonyl (C=O) groups excluding carboxylic acids is 1. The first-order valence-electron chi connectivity index (χ1n) is 12.2. The van der Waals surface area contributed by atoms with E-state index in [2.05, 4.69) is 32.1 Å². The van der Waals surface area contributed by atoms with E-state index >= 15 is 0 Å². The summed E-state index contributed by atoms with van der Waals surface area (Å²) in [4.78, 5) is 17.6. The number of pyridine rings is 1. The van der Waals surface area contributed by atoms with E-state index in [0.29, 0.717) is 34.3 Å². The summed E-state index contributed by atoms with van der Waals surface area (Å²) in [6.07, 6.45) is 3.63. The Balaban J connectivity index is 1.48. The minimum atomic E-state index is -1.61. The SMILES string of the molecule is CC(C)(O)[C@H](F)CNC(=O)c1cnc(-c2ccc3cc(C#N)cnn23)cc1NC1C2CCC1CNC2. The lowest BCUT2D eigenvalue weighted by atomic mass is 9.93. The van der Waals surface area contributed by atoms with E-state index < -0.39 is 17.7 Å². The van der Waals surface area contributed by atoms with Crippen LogP contribution in [-0.2, 0) is 0 Å². The van der Waals surface area contributed by atoms with E-state index in [1.807, 2.05) is 18.2 Å². The van der Waals surface area contributed by atoms with Crippen molar-refractivity contribution in [2.24, 2.45) is 11.8 Å². The first-order valence-corrected chi connectivity index (χ1v) is 12.2. The van der Waals surface area contributed by atoms with Gasteiger partial charge in [-0.25, -0.2) is 8.91 Å². The van der Waals surface area contributed by atoms with Crippen molar-refractivity contribution in [1.29, 1.82) is 5.26 Å². The van der Waals surface area contributed by atoms with Gasteiger partial charge in [0.2, 0.25) is 0 Å². The Hall–Kier alpha value is -3.55. The maximum Gasteiger partial charge on any atom is 0.255 e. The smallest absolute Gasteiger partial charge is 0.255 e. The molecule has 1 saturated heterocycles. The van der Waals surface area contributed by atoms with E-state index in [1.165, 1.54) is 26.2 Å². The fourth-order valence-electron chi connectivity index (χ4n) is 5.18. The van der Waals surface area contributed by atoms with E-state index in [9.17, 15) is 14.3 Å². The van der Waals surface area contributed by atoms with Crippen LogP contribution in [0.4, 0.5) is 10.1 Å². The van der Waals surface area contributed by atoms with E-state index in [0.717, 1.165) is 37.1 Å². The molecule has 4 heterocycles. The molecule has 2 fully saturated rings. The Labute approximate surface area is 208 Å². The number of aliphatic hydroxyl groups is 1. The second-order valence-corrected chi connectivity index (χ2v) is 10.3. The maximum atomic E-state index is 14.3. The van der Waals surface area contributed by atoms with Gasteiger partial charge < -0.3 is 21.1 Å². The maximum absolute atomic E-state index is 14.3. The molecule has 3 atom stereocenters. The molecule has 3 aromatic rings. The Morgan fingerprint density at radius 1 is 1.31 bits per heavy atom. The average Bonchev–Trinajstić information content (AvgIpc) is 3.36. The molecule has 9 nitrogen and oxygen atoms in total. The van der Waals surface area contributed by atoms with E-state index in [4.69, 9.17) is 5.26 Å². The Bertz CT molecular complexity index is 1310. The van der Waals surface area contributed by atoms with Gasteiger partial charge in [-0.1, -0.05) is 0 Å². The fraction of sp³-hybridized carbons (Fsp3) is 0.462. The van der Waals surface area contributed by atoms with Crippen molar-refractivity contribution in [1.82, 2.24) is 25.2 Å². The van der Waals surface area contributed by atoms with Crippen LogP contribution in [0.25, 0.3) is 16.9 Å². The molecule has 2 unspecified atom stereocenters. The van der Waals surface area contributed by atoms with Gasteiger partial charge in [-0.15, -0.1) is 0 Å². The molecule has 1 aliphatic carbocycles. The van der Waals surface area contributed by atoms with Gasteiger partial charge in [0.05, 0.1) is 52.1 Å². The zero-order valence-electron chi connectivity index (χ0n) is 20.3. The van der Waals surface area contributed by atoms with Crippen LogP contribution in [0.3, 0.4) is 0 Å². The van der Waals surface area contributed by atoms with Crippen molar-refractivity contribution in [2.75, 3.05) is 25.0 Å². The molecule has 2 aliphatic rings. The van der Waals surface area contributed by atoms with Crippen LogP contribution in [0.5, 0.6) is 0 Å². The van der Waals surface area contributed by atoms with Crippen molar-refractivity contribution >= 4 is 17.1 Å². The van der Waals surface area contributed by atoms with Crippen LogP contribution in [0, 0.1) is 23.2 Å². The highest BCUT2D eigenvalue weighted by Gasteiger charge is 2.39. The lowest BCUT2D eigenvalue weighted by Crippen LogP contribution is -2.46. The van der Waals surface area contributed by atoms with Crippen molar-refractivity contribution in [3.8, 4) is 17.5 Å². The van der Waals surface area contributed by atoms with Gasteiger partial charge in [0.25, 0.3) is 5.91 Å². The van der Waals surface area contributed by atoms with Gasteiger partial charge in [-0.2, -0.15) is 10.4 Å². The molecule has 5 rings (SSSR count). The van der Waals surface area contributed by atoms with Gasteiger partial charge in [0.15, 0.2) is 0 Å². The molecule has 1 saturated carbocycles. The Morgan fingerprint density at radius 3 is 2.75 bits per heavy atom. The van der Waals surface area contributed by atoms with Crippen LogP contribution in [0.1, 0.15) is 42.6 Å². The molecule has 1 aliphatic heterocycles. The number of hydrogen-bond donors (Lipinski definition) is 4. The van der Waals surface area contributed by atoms with E-state index in [-0.39, 0.29) is 12.6 Å². The molecule has 36 heavy (non-hydrogen) atoms. The summed E-state index contributed by atoms with van der Waals surface area (Å²) in [6.45, 7) is 4.29. The number of halogens is 1. The molecule has 4 N–H and O–H groups in total. The molecule has 3 aromatic heterocycles. The van der Waals surface area contributed by atoms with Crippen LogP contribution < -0.4 is 16.0 Å². The molecule has 10 heteroatoms. The fourth-order valence-corrected chi connectivity index (χ4v) is 5.18. The highest BCUT2D eigenvalue weighted by Crippen LogP contribution is 2.37. The van der Waals surface area contributed by atoms with Crippen molar-refractivity contribution in [3.05, 3.63) is 47.8 Å². The summed E-state index contributed by atoms with van der Waals surface area (Å²) < 4.78 is 16.0. The molecule has 0 spiro atoms. The highest BCUT2D eigenvalue weighted by atomic mass is 19.1. The normalized spacial score (nSPS) is 22.2. The predicted octanol–water partition coefficient (Wildman–Crippen LogP) is 2.52. The first kappa shape index (κ1) is 24.2. The lowest BCUT2D eigenvalue weighted by Gasteiger charge is -2.33. The number of amides is 1. The molecule has 188 valence electrons. The number of nitriles is 1. The molecule has 2 bridgehead atoms. The molecule has 0 radical (unpaired) electrons. The van der Waals surface area contributed by atoms with Crippen LogP contribution in [0.2, 0.25) is 0 Å². The van der Waals surface area contributed by atoms with Crippen molar-refractivity contribution < 1.29 is 14.3 Å². The number of nitrogens with one attached hydrogen (secondary N) is 3. The number of alkyl halides is 1. The number of fused-ring (bicyclic) bond motifs is 3. The topological polar surface area (TPSA) is 127 Å². The second-order valence-electron chi connectivity index (χ2n) is 10.3. The predicted molar refractivity (Wildman–Crippen MR) is 133 cm³/mol. The van der Waals surface area contributed by atoms with Crippen molar-refractivity contribution in [2.45, 2.75) is 44.5 Å². The number of aromatic nitrogens is 3. The summed E-state index contributed by atoms with van der Waals surface area (Å²) in [7, 11) is 0. The molecule has 1 amide bonds. The van der Waals surface area contributed by atoms with Crippen LogP contribution in [-0.4, -0.2) is 63.1 Å². The monoisotopic (exact) mass is 491 g/mol. The highest BCUT2D eigenvalue weighted by molar-refractivity contribution is 6.00. The molecule has 0 aromatic carbocycles. The minimum Gasteiger partial charge on any atom is -0.387 e. The van der Waals surface area contributed by atoms with E-state index in [1.54, 1.807) is 10.6 Å². The number of nitrogens with zero attached hydrogens (tertiary/aromatic N) is 4. The zero-order chi connectivity index (χ0) is 25.4. The average molecular weight is 492 g/mol.